The normalized spacial score (nSPS) is 14.5. The van der Waals surface area contributed by atoms with Crippen LogP contribution in [-0.2, 0) is 11.3 Å². The van der Waals surface area contributed by atoms with Crippen LogP contribution in [0.25, 0.3) is 0 Å². The molecule has 0 spiro atoms. The Kier molecular flexibility index (Phi) is 8.51. The number of hydrogen-bond donors (Lipinski definition) is 1. The Labute approximate surface area is 213 Å². The van der Waals surface area contributed by atoms with E-state index in [1.807, 2.05) is 66.2 Å². The van der Waals surface area contributed by atoms with Crippen molar-refractivity contribution >= 4 is 23.4 Å². The minimum absolute atomic E-state index is 0.000626. The molecule has 0 saturated carbocycles. The van der Waals surface area contributed by atoms with Crippen molar-refractivity contribution in [2.45, 2.75) is 26.1 Å². The SMILES string of the molecule is CCNc1ncc2c(n1)N(C)CCN(c1cccc(CO[C@@H](CCN(C)C)c3ccccc3)c1)C2=O. The molecule has 190 valence electrons. The maximum atomic E-state index is 13.5. The van der Waals surface area contributed by atoms with Gasteiger partial charge in [0.15, 0.2) is 0 Å². The molecule has 0 unspecified atom stereocenters. The first kappa shape index (κ1) is 25.6. The minimum Gasteiger partial charge on any atom is -0.369 e. The lowest BCUT2D eigenvalue weighted by Crippen LogP contribution is -2.33. The predicted molar refractivity (Wildman–Crippen MR) is 145 cm³/mol. The van der Waals surface area contributed by atoms with E-state index in [0.29, 0.717) is 37.0 Å². The summed E-state index contributed by atoms with van der Waals surface area (Å²) in [5.74, 6) is 1.09. The number of anilines is 3. The molecule has 1 aromatic heterocycles. The summed E-state index contributed by atoms with van der Waals surface area (Å²) in [6.45, 7) is 5.34. The van der Waals surface area contributed by atoms with Crippen LogP contribution in [-0.4, -0.2) is 68.1 Å². The fraction of sp³-hybridized carbons (Fsp3) is 0.393. The van der Waals surface area contributed by atoms with Gasteiger partial charge in [-0.25, -0.2) is 4.98 Å². The van der Waals surface area contributed by atoms with Crippen molar-refractivity contribution in [1.29, 1.82) is 0 Å². The van der Waals surface area contributed by atoms with Crippen molar-refractivity contribution < 1.29 is 9.53 Å². The quantitative estimate of drug-likeness (QED) is 0.458. The highest BCUT2D eigenvalue weighted by Gasteiger charge is 2.28. The van der Waals surface area contributed by atoms with Crippen LogP contribution in [0.15, 0.2) is 60.8 Å². The lowest BCUT2D eigenvalue weighted by molar-refractivity contribution is 0.0296. The average Bonchev–Trinajstić information content (AvgIpc) is 3.01. The van der Waals surface area contributed by atoms with Gasteiger partial charge in [-0.05, 0) is 50.7 Å². The molecule has 1 amide bonds. The van der Waals surface area contributed by atoms with Crippen LogP contribution in [0, 0.1) is 0 Å². The zero-order valence-electron chi connectivity index (χ0n) is 21.6. The summed E-state index contributed by atoms with van der Waals surface area (Å²) in [5.41, 5.74) is 3.56. The lowest BCUT2D eigenvalue weighted by atomic mass is 10.1. The van der Waals surface area contributed by atoms with Gasteiger partial charge in [0.1, 0.15) is 11.4 Å². The molecule has 1 aliphatic rings. The summed E-state index contributed by atoms with van der Waals surface area (Å²) in [4.78, 5) is 28.4. The maximum Gasteiger partial charge on any atom is 0.263 e. The Bertz CT molecular complexity index is 1150. The molecule has 1 aliphatic heterocycles. The first-order valence-electron chi connectivity index (χ1n) is 12.5. The number of ether oxygens (including phenoxy) is 1. The smallest absolute Gasteiger partial charge is 0.263 e. The molecule has 0 saturated heterocycles. The van der Waals surface area contributed by atoms with Crippen LogP contribution >= 0.6 is 0 Å². The molecule has 0 radical (unpaired) electrons. The van der Waals surface area contributed by atoms with E-state index in [9.17, 15) is 4.79 Å². The van der Waals surface area contributed by atoms with Crippen LogP contribution in [0.1, 0.15) is 40.9 Å². The zero-order chi connectivity index (χ0) is 25.5. The van der Waals surface area contributed by atoms with E-state index in [2.05, 4.69) is 46.4 Å². The molecule has 36 heavy (non-hydrogen) atoms. The lowest BCUT2D eigenvalue weighted by Gasteiger charge is -2.23. The third-order valence-electron chi connectivity index (χ3n) is 6.28. The van der Waals surface area contributed by atoms with E-state index < -0.39 is 0 Å². The van der Waals surface area contributed by atoms with Crippen LogP contribution in [0.2, 0.25) is 0 Å². The number of benzene rings is 2. The standard InChI is InChI=1S/C28H36N6O2/c1-5-29-28-30-19-24-26(31-28)33(4)16-17-34(27(24)35)23-13-9-10-21(18-23)20-36-25(14-15-32(2)3)22-11-7-6-8-12-22/h6-13,18-19,25H,5,14-17,20H2,1-4H3,(H,29,30,31)/t25-/m0/s1. The molecule has 3 aromatic rings. The van der Waals surface area contributed by atoms with E-state index in [1.165, 1.54) is 5.56 Å². The van der Waals surface area contributed by atoms with Gasteiger partial charge in [-0.3, -0.25) is 4.79 Å². The van der Waals surface area contributed by atoms with Crippen LogP contribution in [0.4, 0.5) is 17.5 Å². The van der Waals surface area contributed by atoms with Crippen molar-refractivity contribution in [3.05, 3.63) is 77.5 Å². The fourth-order valence-electron chi connectivity index (χ4n) is 4.31. The molecular formula is C28H36N6O2. The van der Waals surface area contributed by atoms with Crippen LogP contribution in [0.3, 0.4) is 0 Å². The van der Waals surface area contributed by atoms with Gasteiger partial charge in [0, 0.05) is 45.1 Å². The summed E-state index contributed by atoms with van der Waals surface area (Å²) < 4.78 is 6.40. The first-order valence-corrected chi connectivity index (χ1v) is 12.5. The number of likely N-dealkylation sites (N-methyl/N-ethyl adjacent to an activating group) is 1. The summed E-state index contributed by atoms with van der Waals surface area (Å²) in [7, 11) is 6.11. The third kappa shape index (κ3) is 6.19. The number of nitrogens with one attached hydrogen (secondary N) is 1. The number of amides is 1. The fourth-order valence-corrected chi connectivity index (χ4v) is 4.31. The van der Waals surface area contributed by atoms with Gasteiger partial charge in [0.05, 0.1) is 12.7 Å². The van der Waals surface area contributed by atoms with E-state index in [4.69, 9.17) is 4.74 Å². The van der Waals surface area contributed by atoms with Crippen LogP contribution in [0.5, 0.6) is 0 Å². The summed E-state index contributed by atoms with van der Waals surface area (Å²) in [6, 6.07) is 18.4. The largest absolute Gasteiger partial charge is 0.369 e. The van der Waals surface area contributed by atoms with Crippen molar-refractivity contribution in [3.63, 3.8) is 0 Å². The van der Waals surface area contributed by atoms with E-state index in [1.54, 1.807) is 6.20 Å². The van der Waals surface area contributed by atoms with Gasteiger partial charge in [-0.15, -0.1) is 0 Å². The van der Waals surface area contributed by atoms with Gasteiger partial charge in [-0.1, -0.05) is 42.5 Å². The Morgan fingerprint density at radius 3 is 2.67 bits per heavy atom. The average molecular weight is 489 g/mol. The molecule has 2 aromatic carbocycles. The number of hydrogen-bond acceptors (Lipinski definition) is 7. The monoisotopic (exact) mass is 488 g/mol. The topological polar surface area (TPSA) is 73.8 Å². The second-order valence-electron chi connectivity index (χ2n) is 9.31. The van der Waals surface area contributed by atoms with Gasteiger partial charge >= 0.3 is 0 Å². The number of aromatic nitrogens is 2. The highest BCUT2D eigenvalue weighted by molar-refractivity contribution is 6.09. The molecule has 8 nitrogen and oxygen atoms in total. The van der Waals surface area contributed by atoms with Gasteiger partial charge in [0.2, 0.25) is 5.95 Å². The van der Waals surface area contributed by atoms with Crippen molar-refractivity contribution in [2.75, 3.05) is 62.4 Å². The summed E-state index contributed by atoms with van der Waals surface area (Å²) in [6.07, 6.45) is 2.53. The Balaban J connectivity index is 1.52. The van der Waals surface area contributed by atoms with Crippen LogP contribution < -0.4 is 15.1 Å². The number of carbonyl (C=O) groups is 1. The Morgan fingerprint density at radius 2 is 1.92 bits per heavy atom. The van der Waals surface area contributed by atoms with Crippen molar-refractivity contribution in [3.8, 4) is 0 Å². The van der Waals surface area contributed by atoms with E-state index >= 15 is 0 Å². The number of fused-ring (bicyclic) bond motifs is 1. The van der Waals surface area contributed by atoms with Gasteiger partial charge in [-0.2, -0.15) is 4.98 Å². The Morgan fingerprint density at radius 1 is 1.11 bits per heavy atom. The molecule has 1 N–H and O–H groups in total. The van der Waals surface area contributed by atoms with E-state index in [0.717, 1.165) is 30.8 Å². The first-order chi connectivity index (χ1) is 17.5. The molecular weight excluding hydrogens is 452 g/mol. The van der Waals surface area contributed by atoms with Crippen molar-refractivity contribution in [1.82, 2.24) is 14.9 Å². The highest BCUT2D eigenvalue weighted by atomic mass is 16.5. The molecule has 1 atom stereocenters. The number of nitrogens with zero attached hydrogens (tertiary/aromatic N) is 5. The van der Waals surface area contributed by atoms with E-state index in [-0.39, 0.29) is 12.0 Å². The highest BCUT2D eigenvalue weighted by Crippen LogP contribution is 2.28. The molecule has 8 heteroatoms. The third-order valence-corrected chi connectivity index (χ3v) is 6.28. The number of carbonyl (C=O) groups excluding carboxylic acids is 1. The molecule has 0 bridgehead atoms. The maximum absolute atomic E-state index is 13.5. The summed E-state index contributed by atoms with van der Waals surface area (Å²) in [5, 5.41) is 3.12. The zero-order valence-corrected chi connectivity index (χ0v) is 21.6. The second kappa shape index (κ2) is 12.0. The Hall–Kier alpha value is -3.49. The van der Waals surface area contributed by atoms with Gasteiger partial charge < -0.3 is 24.8 Å². The number of rotatable bonds is 10. The molecule has 4 rings (SSSR count). The molecule has 2 heterocycles. The minimum atomic E-state index is -0.0939. The summed E-state index contributed by atoms with van der Waals surface area (Å²) >= 11 is 0. The predicted octanol–water partition coefficient (Wildman–Crippen LogP) is 4.21. The molecule has 0 fully saturated rings. The second-order valence-corrected chi connectivity index (χ2v) is 9.31. The van der Waals surface area contributed by atoms with Crippen molar-refractivity contribution in [2.24, 2.45) is 0 Å². The van der Waals surface area contributed by atoms with Gasteiger partial charge in [0.25, 0.3) is 5.91 Å². The molecule has 0 aliphatic carbocycles.